The number of hydrogen-bond acceptors (Lipinski definition) is 10. The van der Waals surface area contributed by atoms with Crippen LogP contribution >= 0.6 is 0 Å². The molecule has 3 rings (SSSR count). The molecule has 11 nitrogen and oxygen atoms in total. The Morgan fingerprint density at radius 2 is 1.29 bits per heavy atom. The lowest BCUT2D eigenvalue weighted by molar-refractivity contribution is -0.281. The maximum absolute atomic E-state index is 14.2. The van der Waals surface area contributed by atoms with E-state index in [4.69, 9.17) is 29.2 Å². The SMILES string of the molecule is [2H]CC(C)(C)C(=O)OC[C@H]1OC(N(C=O)[C@@H]2C[C@@H]2c2ccc(F)c(F)c2)[C@H](OC(=O)C(C)(C)C[2H])[C@@H](OC(=O)C(C)(C)C[2H])[C@@H]1OC(=O)C(C)(C)C[2H]. The van der Waals surface area contributed by atoms with Gasteiger partial charge in [-0.25, -0.2) is 8.78 Å². The smallest absolute Gasteiger partial charge is 0.311 e. The van der Waals surface area contributed by atoms with Crippen LogP contribution in [-0.4, -0.2) is 78.5 Å². The van der Waals surface area contributed by atoms with Gasteiger partial charge in [-0.2, -0.15) is 0 Å². The molecule has 49 heavy (non-hydrogen) atoms. The van der Waals surface area contributed by atoms with Crippen LogP contribution in [0.25, 0.3) is 0 Å². The molecule has 1 amide bonds. The summed E-state index contributed by atoms with van der Waals surface area (Å²) in [6, 6.07) is 2.54. The summed E-state index contributed by atoms with van der Waals surface area (Å²) in [4.78, 5) is 68.0. The predicted molar refractivity (Wildman–Crippen MR) is 172 cm³/mol. The molecule has 1 aliphatic heterocycles. The van der Waals surface area contributed by atoms with E-state index in [1.807, 2.05) is 0 Å². The second kappa shape index (κ2) is 14.3. The number of benzene rings is 1. The van der Waals surface area contributed by atoms with Gasteiger partial charge in [0.1, 0.15) is 12.7 Å². The second-order valence-corrected chi connectivity index (χ2v) is 15.4. The van der Waals surface area contributed by atoms with Crippen molar-refractivity contribution in [2.45, 2.75) is 132 Å². The maximum atomic E-state index is 14.2. The fourth-order valence-corrected chi connectivity index (χ4v) is 4.81. The first kappa shape index (κ1) is 33.9. The van der Waals surface area contributed by atoms with Gasteiger partial charge in [0.25, 0.3) is 0 Å². The first-order valence-corrected chi connectivity index (χ1v) is 15.8. The lowest BCUT2D eigenvalue weighted by atomic mass is 9.92. The van der Waals surface area contributed by atoms with Gasteiger partial charge in [0.2, 0.25) is 6.41 Å². The van der Waals surface area contributed by atoms with Crippen LogP contribution in [0.2, 0.25) is 0 Å². The van der Waals surface area contributed by atoms with Gasteiger partial charge in [-0.05, 0) is 107 Å². The molecule has 0 bridgehead atoms. The molecule has 1 aromatic rings. The number of nitrogens with zero attached hydrogens (tertiary/aromatic N) is 1. The minimum Gasteiger partial charge on any atom is -0.462 e. The van der Waals surface area contributed by atoms with E-state index in [9.17, 15) is 32.8 Å². The van der Waals surface area contributed by atoms with Crippen LogP contribution in [0.3, 0.4) is 0 Å². The zero-order valence-electron chi connectivity index (χ0n) is 33.4. The van der Waals surface area contributed by atoms with Gasteiger partial charge in [0.15, 0.2) is 36.2 Å². The topological polar surface area (TPSA) is 135 Å². The Labute approximate surface area is 292 Å². The van der Waals surface area contributed by atoms with Gasteiger partial charge in [-0.3, -0.25) is 24.0 Å². The van der Waals surface area contributed by atoms with Crippen molar-refractivity contribution in [3.05, 3.63) is 35.4 Å². The average molecular weight is 700 g/mol. The van der Waals surface area contributed by atoms with Crippen LogP contribution in [0.4, 0.5) is 8.78 Å². The van der Waals surface area contributed by atoms with Gasteiger partial charge >= 0.3 is 23.9 Å². The number of hydrogen-bond donors (Lipinski definition) is 0. The zero-order valence-corrected chi connectivity index (χ0v) is 29.4. The van der Waals surface area contributed by atoms with E-state index in [1.54, 1.807) is 0 Å². The summed E-state index contributed by atoms with van der Waals surface area (Å²) in [6.07, 6.45) is -7.79. The van der Waals surface area contributed by atoms with Gasteiger partial charge in [-0.1, -0.05) is 6.07 Å². The third-order valence-electron chi connectivity index (χ3n) is 7.85. The number of carbonyl (C=O) groups excluding carboxylic acids is 5. The van der Waals surface area contributed by atoms with Crippen molar-refractivity contribution in [3.8, 4) is 0 Å². The Morgan fingerprint density at radius 1 is 0.796 bits per heavy atom. The summed E-state index contributed by atoms with van der Waals surface area (Å²) in [6.45, 7) is 9.14. The number of carbonyl (C=O) groups is 5. The predicted octanol–water partition coefficient (Wildman–Crippen LogP) is 5.47. The van der Waals surface area contributed by atoms with Crippen LogP contribution in [-0.2, 0) is 47.7 Å². The molecule has 1 saturated carbocycles. The van der Waals surface area contributed by atoms with Gasteiger partial charge in [0.05, 0.1) is 21.7 Å². The molecule has 1 saturated heterocycles. The van der Waals surface area contributed by atoms with E-state index in [1.165, 1.54) is 61.5 Å². The molecule has 2 aliphatic rings. The molecule has 13 heteroatoms. The third kappa shape index (κ3) is 9.76. The molecular formula is C36H51F2NO10. The van der Waals surface area contributed by atoms with Gasteiger partial charge < -0.3 is 28.6 Å². The molecule has 0 N–H and O–H groups in total. The summed E-state index contributed by atoms with van der Waals surface area (Å²) in [5, 5.41) is 0. The van der Waals surface area contributed by atoms with Crippen molar-refractivity contribution in [1.29, 1.82) is 0 Å². The number of halogens is 2. The Morgan fingerprint density at radius 3 is 1.78 bits per heavy atom. The fourth-order valence-electron chi connectivity index (χ4n) is 4.81. The molecule has 2 fully saturated rings. The zero-order chi connectivity index (χ0) is 40.3. The normalized spacial score (nSPS) is 26.9. The van der Waals surface area contributed by atoms with Crippen LogP contribution in [0, 0.1) is 33.3 Å². The molecule has 0 radical (unpaired) electrons. The van der Waals surface area contributed by atoms with E-state index < -0.39 is 127 Å². The first-order valence-electron chi connectivity index (χ1n) is 18.6. The summed E-state index contributed by atoms with van der Waals surface area (Å²) in [7, 11) is 0. The average Bonchev–Trinajstić information content (AvgIpc) is 3.91. The Hall–Kier alpha value is -3.61. The Bertz CT molecular complexity index is 1530. The number of amides is 1. The first-order chi connectivity index (χ1) is 24.5. The number of esters is 4. The summed E-state index contributed by atoms with van der Waals surface area (Å²) >= 11 is 0. The molecule has 1 heterocycles. The minimum atomic E-state index is -1.78. The molecular weight excluding hydrogens is 644 g/mol. The molecule has 1 aromatic carbocycles. The molecule has 0 spiro atoms. The number of rotatable bonds is 9. The highest BCUT2D eigenvalue weighted by molar-refractivity contribution is 5.78. The van der Waals surface area contributed by atoms with E-state index in [2.05, 4.69) is 0 Å². The van der Waals surface area contributed by atoms with Crippen LogP contribution < -0.4 is 0 Å². The third-order valence-corrected chi connectivity index (χ3v) is 7.85. The van der Waals surface area contributed by atoms with Crippen molar-refractivity contribution in [1.82, 2.24) is 4.90 Å². The van der Waals surface area contributed by atoms with Crippen LogP contribution in [0.15, 0.2) is 18.2 Å². The lowest BCUT2D eigenvalue weighted by Gasteiger charge is -2.48. The van der Waals surface area contributed by atoms with Crippen LogP contribution in [0.5, 0.6) is 0 Å². The monoisotopic (exact) mass is 699 g/mol. The Kier molecular flexibility index (Phi) is 9.90. The molecule has 0 aromatic heterocycles. The molecule has 1 aliphatic carbocycles. The van der Waals surface area contributed by atoms with Crippen molar-refractivity contribution in [3.63, 3.8) is 0 Å². The number of ether oxygens (including phenoxy) is 5. The summed E-state index contributed by atoms with van der Waals surface area (Å²) < 4.78 is 89.3. The van der Waals surface area contributed by atoms with E-state index in [0.29, 0.717) is 12.0 Å². The van der Waals surface area contributed by atoms with Crippen LogP contribution in [0.1, 0.15) is 106 Å². The largest absolute Gasteiger partial charge is 0.462 e. The van der Waals surface area contributed by atoms with Crippen molar-refractivity contribution < 1.29 is 61.9 Å². The molecule has 1 unspecified atom stereocenters. The fraction of sp³-hybridized carbons (Fsp3) is 0.694. The van der Waals surface area contributed by atoms with E-state index >= 15 is 0 Å². The van der Waals surface area contributed by atoms with E-state index in [-0.39, 0.29) is 13.3 Å². The second-order valence-electron chi connectivity index (χ2n) is 15.4. The van der Waals surface area contributed by atoms with Gasteiger partial charge in [0, 0.05) is 17.4 Å². The summed E-state index contributed by atoms with van der Waals surface area (Å²) in [5.74, 6) is -6.44. The molecule has 274 valence electrons. The minimum absolute atomic E-state index is 0.228. The highest BCUT2D eigenvalue weighted by Crippen LogP contribution is 2.47. The standard InChI is InChI=1S/C36H51F2NO10/c1-33(2,3)29(41)45-17-24-25(47-30(42)34(4,5)6)26(48-31(43)35(7,8)9)27(49-32(44)36(10,11)12)28(46-24)39(18-40)23-16-20(23)19-13-14-21(37)22(38)15-19/h13-15,18,20,23-28H,16-17H2,1-12H3/t20-,23-,24-,25-,26+,27-,28?/m1/s1/i1D,4D,7D,10D. The van der Waals surface area contributed by atoms with Crippen molar-refractivity contribution in [2.24, 2.45) is 21.7 Å². The maximum Gasteiger partial charge on any atom is 0.311 e. The Balaban J connectivity index is 2.24. The van der Waals surface area contributed by atoms with Crippen molar-refractivity contribution >= 4 is 30.3 Å². The summed E-state index contributed by atoms with van der Waals surface area (Å²) in [5.41, 5.74) is -5.23. The lowest BCUT2D eigenvalue weighted by Crippen LogP contribution is -2.67. The van der Waals surface area contributed by atoms with Crippen molar-refractivity contribution in [2.75, 3.05) is 6.61 Å². The van der Waals surface area contributed by atoms with E-state index in [0.717, 1.165) is 17.0 Å². The quantitative estimate of drug-likeness (QED) is 0.186. The van der Waals surface area contributed by atoms with Gasteiger partial charge in [-0.15, -0.1) is 0 Å². The molecule has 7 atom stereocenters. The highest BCUT2D eigenvalue weighted by Gasteiger charge is 2.58. The highest BCUT2D eigenvalue weighted by atomic mass is 19.2.